The minimum Gasteiger partial charge on any atom is -0.462 e. The minimum absolute atomic E-state index is 0.268. The molecule has 2 aromatic carbocycles. The monoisotopic (exact) mass is 454 g/mol. The summed E-state index contributed by atoms with van der Waals surface area (Å²) in [6.45, 7) is 2.05. The number of para-hydroxylation sites is 1. The zero-order valence-electron chi connectivity index (χ0n) is 17.5. The lowest BCUT2D eigenvalue weighted by atomic mass is 10.0. The fraction of sp³-hybridized carbons (Fsp3) is 0.174. The number of nitrogens with zero attached hydrogens (tertiary/aromatic N) is 3. The van der Waals surface area contributed by atoms with Crippen molar-refractivity contribution < 1.29 is 9.53 Å². The van der Waals surface area contributed by atoms with Gasteiger partial charge in [0, 0.05) is 24.7 Å². The van der Waals surface area contributed by atoms with Crippen LogP contribution >= 0.6 is 22.9 Å². The van der Waals surface area contributed by atoms with Gasteiger partial charge in [-0.3, -0.25) is 5.43 Å². The van der Waals surface area contributed by atoms with Crippen molar-refractivity contribution in [3.05, 3.63) is 70.1 Å². The number of aliphatic imine (C=N–C) groups is 1. The van der Waals surface area contributed by atoms with Crippen LogP contribution in [0.5, 0.6) is 0 Å². The van der Waals surface area contributed by atoms with E-state index < -0.39 is 5.97 Å². The number of hydrogen-bond acceptors (Lipinski definition) is 6. The highest BCUT2D eigenvalue weighted by Gasteiger charge is 2.25. The number of benzene rings is 2. The number of carbonyl (C=O) groups excluding carboxylic acids is 1. The van der Waals surface area contributed by atoms with Crippen LogP contribution in [0.25, 0.3) is 11.1 Å². The normalized spacial score (nSPS) is 11.2. The topological polar surface area (TPSA) is 66.3 Å². The average molecular weight is 455 g/mol. The van der Waals surface area contributed by atoms with Gasteiger partial charge in [0.1, 0.15) is 10.6 Å². The summed E-state index contributed by atoms with van der Waals surface area (Å²) in [6.07, 6.45) is 3.35. The number of ether oxygens (including phenoxy) is 1. The Hall–Kier alpha value is -3.16. The van der Waals surface area contributed by atoms with E-state index in [1.807, 2.05) is 56.6 Å². The van der Waals surface area contributed by atoms with Crippen molar-refractivity contribution in [3.63, 3.8) is 0 Å². The average Bonchev–Trinajstić information content (AvgIpc) is 3.12. The molecule has 8 heteroatoms. The van der Waals surface area contributed by atoms with Crippen molar-refractivity contribution in [2.45, 2.75) is 6.92 Å². The molecule has 0 atom stereocenters. The predicted molar refractivity (Wildman–Crippen MR) is 130 cm³/mol. The summed E-state index contributed by atoms with van der Waals surface area (Å²) in [4.78, 5) is 20.0. The molecule has 6 nitrogen and oxygen atoms in total. The molecule has 0 amide bonds. The molecule has 160 valence electrons. The molecule has 3 rings (SSSR count). The van der Waals surface area contributed by atoms with Crippen LogP contribution < -0.4 is 5.43 Å². The molecule has 0 aliphatic carbocycles. The molecule has 0 saturated carbocycles. The third-order valence-corrected chi connectivity index (χ3v) is 5.37. The summed E-state index contributed by atoms with van der Waals surface area (Å²) in [5.74, 6) is -0.426. The zero-order valence-corrected chi connectivity index (χ0v) is 19.1. The van der Waals surface area contributed by atoms with Crippen LogP contribution in [0, 0.1) is 0 Å². The van der Waals surface area contributed by atoms with Crippen LogP contribution in [0.1, 0.15) is 22.2 Å². The summed E-state index contributed by atoms with van der Waals surface area (Å²) in [6, 6.07) is 16.9. The first kappa shape index (κ1) is 22.5. The van der Waals surface area contributed by atoms with E-state index in [0.717, 1.165) is 16.1 Å². The number of carbonyl (C=O) groups is 1. The smallest absolute Gasteiger partial charge is 0.341 e. The Morgan fingerprint density at radius 2 is 1.87 bits per heavy atom. The number of esters is 1. The second-order valence-corrected chi connectivity index (χ2v) is 8.16. The van der Waals surface area contributed by atoms with Gasteiger partial charge in [0.15, 0.2) is 0 Å². The van der Waals surface area contributed by atoms with E-state index in [-0.39, 0.29) is 6.61 Å². The Morgan fingerprint density at radius 3 is 2.52 bits per heavy atom. The zero-order chi connectivity index (χ0) is 22.2. The lowest BCUT2D eigenvalue weighted by Crippen LogP contribution is -2.08. The Balaban J connectivity index is 2.11. The predicted octanol–water partition coefficient (Wildman–Crippen LogP) is 5.91. The van der Waals surface area contributed by atoms with Crippen molar-refractivity contribution >= 4 is 52.1 Å². The molecule has 0 aliphatic rings. The molecule has 0 fully saturated rings. The number of hydrogen-bond donors (Lipinski definition) is 1. The minimum atomic E-state index is -0.426. The Bertz CT molecular complexity index is 1080. The third-order valence-electron chi connectivity index (χ3n) is 4.08. The first-order valence-electron chi connectivity index (χ1n) is 9.64. The molecule has 1 aromatic heterocycles. The SMILES string of the molecule is CCOC(=O)c1c(N=CN(C)C)sc(/C=N/Nc2ccccc2)c1-c1ccc(Cl)cc1. The van der Waals surface area contributed by atoms with Gasteiger partial charge in [0.05, 0.1) is 29.7 Å². The van der Waals surface area contributed by atoms with E-state index in [1.54, 1.807) is 36.5 Å². The standard InChI is InChI=1S/C23H23ClN4O2S/c1-4-30-23(29)21-20(16-10-12-17(24)13-11-16)19(31-22(21)25-15-28(2)3)14-26-27-18-8-6-5-7-9-18/h5-15,27H,4H2,1-3H3/b25-15?,26-14+. The van der Waals surface area contributed by atoms with Crippen molar-refractivity contribution in [3.8, 4) is 11.1 Å². The number of thiophene rings is 1. The number of halogens is 1. The molecular formula is C23H23ClN4O2S. The van der Waals surface area contributed by atoms with Crippen LogP contribution in [-0.4, -0.2) is 44.1 Å². The number of rotatable bonds is 8. The summed E-state index contributed by atoms with van der Waals surface area (Å²) in [5.41, 5.74) is 5.82. The highest BCUT2D eigenvalue weighted by molar-refractivity contribution is 7.18. The molecule has 0 saturated heterocycles. The van der Waals surface area contributed by atoms with Gasteiger partial charge in [-0.2, -0.15) is 5.10 Å². The summed E-state index contributed by atoms with van der Waals surface area (Å²) < 4.78 is 5.34. The number of nitrogens with one attached hydrogen (secondary N) is 1. The Labute approximate surface area is 190 Å². The van der Waals surface area contributed by atoms with Crippen LogP contribution in [0.4, 0.5) is 10.7 Å². The van der Waals surface area contributed by atoms with Crippen LogP contribution in [0.15, 0.2) is 64.7 Å². The molecule has 0 spiro atoms. The van der Waals surface area contributed by atoms with Crippen molar-refractivity contribution in [2.24, 2.45) is 10.1 Å². The van der Waals surface area contributed by atoms with Gasteiger partial charge in [0.25, 0.3) is 0 Å². The summed E-state index contributed by atoms with van der Waals surface area (Å²) in [7, 11) is 3.74. The molecule has 0 unspecified atom stereocenters. The van der Waals surface area contributed by atoms with E-state index in [2.05, 4.69) is 15.5 Å². The van der Waals surface area contributed by atoms with E-state index in [1.165, 1.54) is 11.3 Å². The van der Waals surface area contributed by atoms with Gasteiger partial charge in [0.2, 0.25) is 0 Å². The molecule has 1 heterocycles. The molecular weight excluding hydrogens is 432 g/mol. The highest BCUT2D eigenvalue weighted by atomic mass is 35.5. The Kier molecular flexibility index (Phi) is 7.81. The van der Waals surface area contributed by atoms with Gasteiger partial charge in [-0.15, -0.1) is 11.3 Å². The van der Waals surface area contributed by atoms with Crippen LogP contribution in [0.3, 0.4) is 0 Å². The van der Waals surface area contributed by atoms with E-state index in [9.17, 15) is 4.79 Å². The molecule has 0 bridgehead atoms. The Morgan fingerprint density at radius 1 is 1.16 bits per heavy atom. The highest BCUT2D eigenvalue weighted by Crippen LogP contribution is 2.42. The fourth-order valence-electron chi connectivity index (χ4n) is 2.76. The van der Waals surface area contributed by atoms with E-state index in [4.69, 9.17) is 16.3 Å². The molecule has 0 aliphatic heterocycles. The second kappa shape index (κ2) is 10.7. The first-order chi connectivity index (χ1) is 15.0. The van der Waals surface area contributed by atoms with Crippen LogP contribution in [-0.2, 0) is 4.74 Å². The van der Waals surface area contributed by atoms with Gasteiger partial charge in [-0.1, -0.05) is 41.9 Å². The lowest BCUT2D eigenvalue weighted by Gasteiger charge is -2.08. The fourth-order valence-corrected chi connectivity index (χ4v) is 3.91. The third kappa shape index (κ3) is 5.93. The van der Waals surface area contributed by atoms with Gasteiger partial charge in [-0.25, -0.2) is 9.79 Å². The quantitative estimate of drug-likeness (QED) is 0.199. The van der Waals surface area contributed by atoms with E-state index in [0.29, 0.717) is 21.2 Å². The van der Waals surface area contributed by atoms with Gasteiger partial charge in [-0.05, 0) is 36.8 Å². The molecule has 0 radical (unpaired) electrons. The van der Waals surface area contributed by atoms with Crippen molar-refractivity contribution in [1.82, 2.24) is 4.90 Å². The van der Waals surface area contributed by atoms with Gasteiger partial charge >= 0.3 is 5.97 Å². The summed E-state index contributed by atoms with van der Waals surface area (Å²) in [5, 5.41) is 5.53. The van der Waals surface area contributed by atoms with E-state index >= 15 is 0 Å². The lowest BCUT2D eigenvalue weighted by molar-refractivity contribution is 0.0529. The number of anilines is 1. The molecule has 3 aromatic rings. The molecule has 31 heavy (non-hydrogen) atoms. The summed E-state index contributed by atoms with van der Waals surface area (Å²) >= 11 is 7.45. The first-order valence-corrected chi connectivity index (χ1v) is 10.8. The largest absolute Gasteiger partial charge is 0.462 e. The van der Waals surface area contributed by atoms with Crippen molar-refractivity contribution in [1.29, 1.82) is 0 Å². The second-order valence-electron chi connectivity index (χ2n) is 6.69. The maximum absolute atomic E-state index is 12.9. The van der Waals surface area contributed by atoms with Crippen molar-refractivity contribution in [2.75, 3.05) is 26.1 Å². The van der Waals surface area contributed by atoms with Crippen LogP contribution in [0.2, 0.25) is 5.02 Å². The maximum Gasteiger partial charge on any atom is 0.341 e. The molecule has 1 N–H and O–H groups in total. The van der Waals surface area contributed by atoms with Gasteiger partial charge < -0.3 is 9.64 Å². The maximum atomic E-state index is 12.9. The number of hydrazone groups is 1.